The predicted molar refractivity (Wildman–Crippen MR) is 84.8 cm³/mol. The molecule has 2 unspecified atom stereocenters. The van der Waals surface area contributed by atoms with Gasteiger partial charge in [0.15, 0.2) is 11.5 Å². The van der Waals surface area contributed by atoms with Gasteiger partial charge in [0, 0.05) is 12.1 Å². The highest BCUT2D eigenvalue weighted by Crippen LogP contribution is 2.32. The van der Waals surface area contributed by atoms with Gasteiger partial charge in [0.05, 0.1) is 12.7 Å². The van der Waals surface area contributed by atoms with Gasteiger partial charge in [0.1, 0.15) is 0 Å². The maximum absolute atomic E-state index is 12.6. The first-order chi connectivity index (χ1) is 10.5. The second-order valence-electron chi connectivity index (χ2n) is 5.27. The molecule has 1 aromatic carbocycles. The Balaban J connectivity index is 0.00000264. The van der Waals surface area contributed by atoms with Gasteiger partial charge >= 0.3 is 6.61 Å². The molecular weight excluding hydrogens is 330 g/mol. The number of methoxy groups -OCH3 is 1. The zero-order valence-electron chi connectivity index (χ0n) is 13.0. The molecule has 2 rings (SSSR count). The molecule has 1 aliphatic rings. The topological polar surface area (TPSA) is 59.6 Å². The number of alkyl halides is 2. The van der Waals surface area contributed by atoms with Crippen LogP contribution in [0.1, 0.15) is 30.1 Å². The summed E-state index contributed by atoms with van der Waals surface area (Å²) in [6.45, 7) is -0.179. The SMILES string of the molecule is COc1cccc(C(=O)NC2CCNC(C)C2)c1OC(F)F.Cl. The molecule has 5 nitrogen and oxygen atoms in total. The van der Waals surface area contributed by atoms with Crippen LogP contribution in [0.2, 0.25) is 0 Å². The molecule has 0 saturated carbocycles. The molecule has 1 fully saturated rings. The van der Waals surface area contributed by atoms with E-state index in [1.807, 2.05) is 6.92 Å². The fourth-order valence-electron chi connectivity index (χ4n) is 2.59. The molecule has 130 valence electrons. The molecule has 1 amide bonds. The monoisotopic (exact) mass is 350 g/mol. The summed E-state index contributed by atoms with van der Waals surface area (Å²) in [5, 5.41) is 6.16. The van der Waals surface area contributed by atoms with Crippen LogP contribution in [-0.2, 0) is 0 Å². The van der Waals surface area contributed by atoms with E-state index < -0.39 is 12.5 Å². The first kappa shape index (κ1) is 19.4. The summed E-state index contributed by atoms with van der Waals surface area (Å²) in [4.78, 5) is 12.4. The predicted octanol–water partition coefficient (Wildman–Crippen LogP) is 2.59. The molecule has 0 radical (unpaired) electrons. The van der Waals surface area contributed by atoms with E-state index in [-0.39, 0.29) is 35.5 Å². The molecule has 0 aliphatic carbocycles. The normalized spacial score (nSPS) is 20.6. The highest BCUT2D eigenvalue weighted by atomic mass is 35.5. The number of carbonyl (C=O) groups excluding carboxylic acids is 1. The van der Waals surface area contributed by atoms with Crippen LogP contribution in [0.25, 0.3) is 0 Å². The molecule has 2 atom stereocenters. The molecule has 1 heterocycles. The Morgan fingerprint density at radius 3 is 2.78 bits per heavy atom. The second kappa shape index (κ2) is 8.88. The number of rotatable bonds is 5. The van der Waals surface area contributed by atoms with Gasteiger partial charge in [-0.15, -0.1) is 12.4 Å². The quantitative estimate of drug-likeness (QED) is 0.857. The van der Waals surface area contributed by atoms with Crippen LogP contribution in [0.5, 0.6) is 11.5 Å². The van der Waals surface area contributed by atoms with Gasteiger partial charge in [-0.3, -0.25) is 4.79 Å². The van der Waals surface area contributed by atoms with E-state index in [2.05, 4.69) is 15.4 Å². The zero-order valence-corrected chi connectivity index (χ0v) is 13.8. The molecule has 0 spiro atoms. The van der Waals surface area contributed by atoms with Crippen LogP contribution >= 0.6 is 12.4 Å². The third-order valence-electron chi connectivity index (χ3n) is 3.61. The number of benzene rings is 1. The highest BCUT2D eigenvalue weighted by molar-refractivity contribution is 5.98. The minimum Gasteiger partial charge on any atom is -0.493 e. The van der Waals surface area contributed by atoms with Crippen LogP contribution < -0.4 is 20.1 Å². The summed E-state index contributed by atoms with van der Waals surface area (Å²) in [6.07, 6.45) is 1.59. The summed E-state index contributed by atoms with van der Waals surface area (Å²) >= 11 is 0. The van der Waals surface area contributed by atoms with E-state index in [0.717, 1.165) is 19.4 Å². The Bertz CT molecular complexity index is 531. The minimum absolute atomic E-state index is 0. The first-order valence-corrected chi connectivity index (χ1v) is 7.17. The summed E-state index contributed by atoms with van der Waals surface area (Å²) < 4.78 is 34.6. The summed E-state index contributed by atoms with van der Waals surface area (Å²) in [5.41, 5.74) is 0.0471. The molecule has 23 heavy (non-hydrogen) atoms. The summed E-state index contributed by atoms with van der Waals surface area (Å²) in [7, 11) is 1.34. The van der Waals surface area contributed by atoms with Gasteiger partial charge in [-0.2, -0.15) is 8.78 Å². The molecule has 0 aromatic heterocycles. The fraction of sp³-hybridized carbons (Fsp3) is 0.533. The third kappa shape index (κ3) is 5.21. The maximum atomic E-state index is 12.6. The maximum Gasteiger partial charge on any atom is 0.387 e. The lowest BCUT2D eigenvalue weighted by Gasteiger charge is -2.28. The lowest BCUT2D eigenvalue weighted by molar-refractivity contribution is -0.0515. The van der Waals surface area contributed by atoms with Gasteiger partial charge in [-0.25, -0.2) is 0 Å². The lowest BCUT2D eigenvalue weighted by Crippen LogP contribution is -2.46. The van der Waals surface area contributed by atoms with Gasteiger partial charge in [-0.1, -0.05) is 6.07 Å². The zero-order chi connectivity index (χ0) is 16.1. The average Bonchev–Trinajstić information content (AvgIpc) is 2.46. The van der Waals surface area contributed by atoms with E-state index in [0.29, 0.717) is 6.04 Å². The highest BCUT2D eigenvalue weighted by Gasteiger charge is 2.24. The van der Waals surface area contributed by atoms with Crippen molar-refractivity contribution in [1.29, 1.82) is 0 Å². The van der Waals surface area contributed by atoms with Crippen LogP contribution in [0, 0.1) is 0 Å². The Hall–Kier alpha value is -1.60. The Kier molecular flexibility index (Phi) is 7.51. The number of nitrogens with one attached hydrogen (secondary N) is 2. The van der Waals surface area contributed by atoms with Crippen molar-refractivity contribution < 1.29 is 23.0 Å². The molecule has 1 saturated heterocycles. The Morgan fingerprint density at radius 2 is 2.17 bits per heavy atom. The van der Waals surface area contributed by atoms with Gasteiger partial charge in [0.25, 0.3) is 5.91 Å². The van der Waals surface area contributed by atoms with E-state index in [9.17, 15) is 13.6 Å². The van der Waals surface area contributed by atoms with Crippen molar-refractivity contribution in [1.82, 2.24) is 10.6 Å². The largest absolute Gasteiger partial charge is 0.493 e. The van der Waals surface area contributed by atoms with Crippen molar-refractivity contribution in [2.75, 3.05) is 13.7 Å². The second-order valence-corrected chi connectivity index (χ2v) is 5.27. The third-order valence-corrected chi connectivity index (χ3v) is 3.61. The van der Waals surface area contributed by atoms with E-state index >= 15 is 0 Å². The molecule has 0 bridgehead atoms. The molecule has 1 aromatic rings. The number of halogens is 3. The van der Waals surface area contributed by atoms with E-state index in [4.69, 9.17) is 4.74 Å². The van der Waals surface area contributed by atoms with Crippen molar-refractivity contribution in [3.63, 3.8) is 0 Å². The molecule has 8 heteroatoms. The number of para-hydroxylation sites is 1. The number of hydrogen-bond donors (Lipinski definition) is 2. The lowest BCUT2D eigenvalue weighted by atomic mass is 10.00. The van der Waals surface area contributed by atoms with E-state index in [1.54, 1.807) is 6.07 Å². The van der Waals surface area contributed by atoms with E-state index in [1.165, 1.54) is 19.2 Å². The number of amides is 1. The van der Waals surface area contributed by atoms with Crippen molar-refractivity contribution >= 4 is 18.3 Å². The van der Waals surface area contributed by atoms with Crippen LogP contribution in [0.15, 0.2) is 18.2 Å². The Morgan fingerprint density at radius 1 is 1.43 bits per heavy atom. The van der Waals surface area contributed by atoms with Crippen LogP contribution in [0.3, 0.4) is 0 Å². The standard InChI is InChI=1S/C15H20F2N2O3.ClH/c1-9-8-10(6-7-18-9)19-14(20)11-4-3-5-12(21-2)13(11)22-15(16)17;/h3-5,9-10,15,18H,6-8H2,1-2H3,(H,19,20);1H. The number of carbonyl (C=O) groups is 1. The number of ether oxygens (including phenoxy) is 2. The molecular formula is C15H21ClF2N2O3. The van der Waals surface area contributed by atoms with Crippen molar-refractivity contribution in [2.24, 2.45) is 0 Å². The first-order valence-electron chi connectivity index (χ1n) is 7.17. The van der Waals surface area contributed by atoms with Gasteiger partial charge < -0.3 is 20.1 Å². The summed E-state index contributed by atoms with van der Waals surface area (Å²) in [5.74, 6) is -0.570. The fourth-order valence-corrected chi connectivity index (χ4v) is 2.59. The smallest absolute Gasteiger partial charge is 0.387 e. The Labute approximate surface area is 140 Å². The number of hydrogen-bond acceptors (Lipinski definition) is 4. The molecule has 1 aliphatic heterocycles. The summed E-state index contributed by atoms with van der Waals surface area (Å²) in [6, 6.07) is 4.80. The van der Waals surface area contributed by atoms with Crippen LogP contribution in [-0.4, -0.2) is 38.3 Å². The van der Waals surface area contributed by atoms with Crippen molar-refractivity contribution in [2.45, 2.75) is 38.5 Å². The minimum atomic E-state index is -3.03. The number of piperidine rings is 1. The van der Waals surface area contributed by atoms with Crippen molar-refractivity contribution in [3.05, 3.63) is 23.8 Å². The van der Waals surface area contributed by atoms with Crippen LogP contribution in [0.4, 0.5) is 8.78 Å². The average molecular weight is 351 g/mol. The van der Waals surface area contributed by atoms with Gasteiger partial charge in [0.2, 0.25) is 0 Å². The van der Waals surface area contributed by atoms with Gasteiger partial charge in [-0.05, 0) is 38.4 Å². The molecule has 2 N–H and O–H groups in total. The van der Waals surface area contributed by atoms with Crippen molar-refractivity contribution in [3.8, 4) is 11.5 Å².